The lowest BCUT2D eigenvalue weighted by molar-refractivity contribution is -0.137. The molecule has 0 aromatic heterocycles. The molecule has 2 aromatic rings. The minimum Gasteiger partial charge on any atom is -0.371 e. The second-order valence-electron chi connectivity index (χ2n) is 7.27. The number of rotatable bonds is 6. The summed E-state index contributed by atoms with van der Waals surface area (Å²) in [6.07, 6.45) is -0.774. The third-order valence-corrected chi connectivity index (χ3v) is 6.65. The molecule has 0 bridgehead atoms. The molecule has 1 aliphatic heterocycles. The first kappa shape index (κ1) is 23.8. The minimum absolute atomic E-state index is 0.217. The van der Waals surface area contributed by atoms with Gasteiger partial charge in [-0.05, 0) is 54.8 Å². The van der Waals surface area contributed by atoms with Gasteiger partial charge in [-0.15, -0.1) is 0 Å². The van der Waals surface area contributed by atoms with Crippen LogP contribution < -0.4 is 15.1 Å². The summed E-state index contributed by atoms with van der Waals surface area (Å²) in [6.45, 7) is 1.08. The fourth-order valence-electron chi connectivity index (χ4n) is 3.47. The molecule has 1 amide bonds. The summed E-state index contributed by atoms with van der Waals surface area (Å²) < 4.78 is 65.8. The molecule has 0 atom stereocenters. The van der Waals surface area contributed by atoms with E-state index >= 15 is 0 Å². The van der Waals surface area contributed by atoms with Crippen LogP contribution in [-0.2, 0) is 21.0 Å². The number of para-hydroxylation sites is 1. The Morgan fingerprint density at radius 2 is 1.69 bits per heavy atom. The average molecular weight is 469 g/mol. The van der Waals surface area contributed by atoms with Crippen molar-refractivity contribution in [2.45, 2.75) is 30.0 Å². The van der Waals surface area contributed by atoms with Gasteiger partial charge in [0.15, 0.2) is 0 Å². The number of carbonyl (C=O) groups excluding carboxylic acids is 1. The standard InChI is InChI=1S/C21H22F3N3O4S/c22-21(23,24)16-6-8-18(9-7-16)32(30,31)26-17-11-13-27(14-12-17)19-4-2-1-3-15(19)5-10-20(28)25-29/h1-10,17,26,29H,11-14H2,(H,25,28). The summed E-state index contributed by atoms with van der Waals surface area (Å²) in [5.41, 5.74) is 2.24. The van der Waals surface area contributed by atoms with Gasteiger partial charge in [-0.1, -0.05) is 18.2 Å². The summed E-state index contributed by atoms with van der Waals surface area (Å²) in [7, 11) is -3.95. The lowest BCUT2D eigenvalue weighted by atomic mass is 10.0. The first-order valence-corrected chi connectivity index (χ1v) is 11.2. The molecule has 1 aliphatic rings. The van der Waals surface area contributed by atoms with Crippen LogP contribution in [0.2, 0.25) is 0 Å². The van der Waals surface area contributed by atoms with E-state index in [1.54, 1.807) is 6.08 Å². The number of hydrogen-bond donors (Lipinski definition) is 3. The van der Waals surface area contributed by atoms with Crippen LogP contribution in [0.3, 0.4) is 0 Å². The zero-order chi connectivity index (χ0) is 23.4. The molecule has 7 nitrogen and oxygen atoms in total. The molecular weight excluding hydrogens is 447 g/mol. The van der Waals surface area contributed by atoms with Gasteiger partial charge < -0.3 is 4.90 Å². The van der Waals surface area contributed by atoms with Crippen LogP contribution >= 0.6 is 0 Å². The molecule has 1 saturated heterocycles. The predicted octanol–water partition coefficient (Wildman–Crippen LogP) is 3.17. The monoisotopic (exact) mass is 469 g/mol. The number of piperidine rings is 1. The van der Waals surface area contributed by atoms with Crippen molar-refractivity contribution < 1.29 is 31.6 Å². The van der Waals surface area contributed by atoms with E-state index in [1.165, 1.54) is 11.6 Å². The maximum atomic E-state index is 12.7. The number of benzene rings is 2. The van der Waals surface area contributed by atoms with Crippen molar-refractivity contribution in [3.63, 3.8) is 0 Å². The number of anilines is 1. The van der Waals surface area contributed by atoms with Crippen LogP contribution in [0.5, 0.6) is 0 Å². The highest BCUT2D eigenvalue weighted by molar-refractivity contribution is 7.89. The highest BCUT2D eigenvalue weighted by atomic mass is 32.2. The van der Waals surface area contributed by atoms with E-state index in [9.17, 15) is 26.4 Å². The van der Waals surface area contributed by atoms with Crippen LogP contribution in [0.25, 0.3) is 6.08 Å². The first-order chi connectivity index (χ1) is 15.1. The van der Waals surface area contributed by atoms with Crippen molar-refractivity contribution in [2.24, 2.45) is 0 Å². The van der Waals surface area contributed by atoms with Crippen LogP contribution in [-0.4, -0.2) is 38.7 Å². The van der Waals surface area contributed by atoms with Crippen molar-refractivity contribution in [2.75, 3.05) is 18.0 Å². The lowest BCUT2D eigenvalue weighted by Crippen LogP contribution is -2.44. The quantitative estimate of drug-likeness (QED) is 0.343. The molecule has 3 N–H and O–H groups in total. The third kappa shape index (κ3) is 5.87. The molecule has 0 aliphatic carbocycles. The second-order valence-corrected chi connectivity index (χ2v) is 8.99. The molecular formula is C21H22F3N3O4S. The largest absolute Gasteiger partial charge is 0.416 e. The maximum absolute atomic E-state index is 12.7. The third-order valence-electron chi connectivity index (χ3n) is 5.11. The lowest BCUT2D eigenvalue weighted by Gasteiger charge is -2.34. The van der Waals surface area contributed by atoms with Crippen LogP contribution in [0, 0.1) is 0 Å². The van der Waals surface area contributed by atoms with Gasteiger partial charge >= 0.3 is 6.18 Å². The van der Waals surface area contributed by atoms with E-state index < -0.39 is 27.7 Å². The van der Waals surface area contributed by atoms with Gasteiger partial charge in [-0.25, -0.2) is 18.6 Å². The molecule has 11 heteroatoms. The normalized spacial score (nSPS) is 15.8. The Bertz CT molecular complexity index is 1080. The summed E-state index contributed by atoms with van der Waals surface area (Å²) in [5, 5.41) is 8.62. The fourth-order valence-corrected chi connectivity index (χ4v) is 4.77. The van der Waals surface area contributed by atoms with Gasteiger partial charge in [0.1, 0.15) is 0 Å². The molecule has 1 fully saturated rings. The SMILES string of the molecule is O=C(C=Cc1ccccc1N1CCC(NS(=O)(=O)c2ccc(C(F)(F)F)cc2)CC1)NO. The molecule has 32 heavy (non-hydrogen) atoms. The molecule has 0 unspecified atom stereocenters. The zero-order valence-corrected chi connectivity index (χ0v) is 17.7. The topological polar surface area (TPSA) is 98.7 Å². The van der Waals surface area contributed by atoms with Gasteiger partial charge in [-0.2, -0.15) is 13.2 Å². The van der Waals surface area contributed by atoms with E-state index in [0.717, 1.165) is 35.5 Å². The minimum atomic E-state index is -4.53. The van der Waals surface area contributed by atoms with Crippen molar-refractivity contribution in [1.29, 1.82) is 0 Å². The maximum Gasteiger partial charge on any atom is 0.416 e. The Morgan fingerprint density at radius 3 is 2.28 bits per heavy atom. The van der Waals surface area contributed by atoms with Gasteiger partial charge in [0.25, 0.3) is 5.91 Å². The Balaban J connectivity index is 1.64. The number of hydrogen-bond acceptors (Lipinski definition) is 5. The van der Waals surface area contributed by atoms with Crippen LogP contribution in [0.15, 0.2) is 59.5 Å². The Hall–Kier alpha value is -2.89. The molecule has 0 spiro atoms. The Kier molecular flexibility index (Phi) is 7.22. The summed E-state index contributed by atoms with van der Waals surface area (Å²) in [4.78, 5) is 13.1. The number of alkyl halides is 3. The number of amides is 1. The fraction of sp³-hybridized carbons (Fsp3) is 0.286. The van der Waals surface area contributed by atoms with E-state index in [1.807, 2.05) is 24.3 Å². The summed E-state index contributed by atoms with van der Waals surface area (Å²) in [6, 6.07) is 10.4. The van der Waals surface area contributed by atoms with Crippen molar-refractivity contribution in [3.8, 4) is 0 Å². The van der Waals surface area contributed by atoms with Crippen molar-refractivity contribution >= 4 is 27.7 Å². The Labute approximate surface area is 183 Å². The number of carbonyl (C=O) groups is 1. The predicted molar refractivity (Wildman–Crippen MR) is 112 cm³/mol. The number of halogens is 3. The molecule has 3 rings (SSSR count). The highest BCUT2D eigenvalue weighted by Gasteiger charge is 2.31. The van der Waals surface area contributed by atoms with E-state index in [-0.39, 0.29) is 10.9 Å². The van der Waals surface area contributed by atoms with Crippen molar-refractivity contribution in [3.05, 3.63) is 65.7 Å². The Morgan fingerprint density at radius 1 is 1.06 bits per heavy atom. The second kappa shape index (κ2) is 9.72. The molecule has 0 radical (unpaired) electrons. The molecule has 2 aromatic carbocycles. The zero-order valence-electron chi connectivity index (χ0n) is 16.8. The molecule has 0 saturated carbocycles. The highest BCUT2D eigenvalue weighted by Crippen LogP contribution is 2.30. The van der Waals surface area contributed by atoms with E-state index in [2.05, 4.69) is 9.62 Å². The van der Waals surface area contributed by atoms with Gasteiger partial charge in [0.05, 0.1) is 10.5 Å². The molecule has 172 valence electrons. The number of sulfonamides is 1. The average Bonchev–Trinajstić information content (AvgIpc) is 2.77. The van der Waals surface area contributed by atoms with Gasteiger partial charge in [0.2, 0.25) is 10.0 Å². The summed E-state index contributed by atoms with van der Waals surface area (Å²) in [5.74, 6) is -0.656. The van der Waals surface area contributed by atoms with Gasteiger partial charge in [0, 0.05) is 30.9 Å². The number of nitrogens with one attached hydrogen (secondary N) is 2. The molecule has 1 heterocycles. The summed E-state index contributed by atoms with van der Waals surface area (Å²) >= 11 is 0. The van der Waals surface area contributed by atoms with Crippen LogP contribution in [0.1, 0.15) is 24.0 Å². The van der Waals surface area contributed by atoms with Crippen molar-refractivity contribution in [1.82, 2.24) is 10.2 Å². The number of nitrogens with zero attached hydrogens (tertiary/aromatic N) is 1. The first-order valence-electron chi connectivity index (χ1n) is 9.76. The van der Waals surface area contributed by atoms with Gasteiger partial charge in [-0.3, -0.25) is 10.0 Å². The van der Waals surface area contributed by atoms with E-state index in [0.29, 0.717) is 25.9 Å². The van der Waals surface area contributed by atoms with E-state index in [4.69, 9.17) is 5.21 Å². The van der Waals surface area contributed by atoms with Crippen LogP contribution in [0.4, 0.5) is 18.9 Å². The smallest absolute Gasteiger partial charge is 0.371 e. The number of hydroxylamine groups is 1.